The highest BCUT2D eigenvalue weighted by molar-refractivity contribution is 6.30. The van der Waals surface area contributed by atoms with Crippen LogP contribution in [0.4, 0.5) is 0 Å². The number of carboxylic acids is 1. The quantitative estimate of drug-likeness (QED) is 0.610. The van der Waals surface area contributed by atoms with Crippen molar-refractivity contribution in [2.45, 2.75) is 25.7 Å². The maximum Gasteiger partial charge on any atom is 0.335 e. The Labute approximate surface area is 147 Å². The molecule has 0 bridgehead atoms. The summed E-state index contributed by atoms with van der Waals surface area (Å²) in [5.41, 5.74) is 0.267. The van der Waals surface area contributed by atoms with Gasteiger partial charge in [0.15, 0.2) is 0 Å². The summed E-state index contributed by atoms with van der Waals surface area (Å²) in [6.07, 6.45) is 4.10. The summed E-state index contributed by atoms with van der Waals surface area (Å²) in [6.45, 7) is 1.32. The van der Waals surface area contributed by atoms with Gasteiger partial charge in [0.05, 0.1) is 18.8 Å². The second-order valence-corrected chi connectivity index (χ2v) is 5.83. The molecule has 0 aliphatic heterocycles. The standard InChI is InChI=1S/C19H21ClO4/c20-16-7-11-18(12-8-16)24-14-4-2-1-3-13-23-17-9-5-15(6-10-17)19(21)22/h5-12H,1-4,13-14H2,(H,21,22). The molecule has 0 aliphatic carbocycles. The Balaban J connectivity index is 1.50. The van der Waals surface area contributed by atoms with Gasteiger partial charge in [-0.25, -0.2) is 4.79 Å². The van der Waals surface area contributed by atoms with Crippen LogP contribution in [0.5, 0.6) is 11.5 Å². The van der Waals surface area contributed by atoms with E-state index in [4.69, 9.17) is 26.2 Å². The monoisotopic (exact) mass is 348 g/mol. The maximum absolute atomic E-state index is 10.7. The number of hydrogen-bond donors (Lipinski definition) is 1. The van der Waals surface area contributed by atoms with Crippen LogP contribution < -0.4 is 9.47 Å². The number of carbonyl (C=O) groups is 1. The van der Waals surface area contributed by atoms with Crippen molar-refractivity contribution in [2.24, 2.45) is 0 Å². The van der Waals surface area contributed by atoms with Crippen LogP contribution in [0.2, 0.25) is 5.02 Å². The topological polar surface area (TPSA) is 55.8 Å². The fraction of sp³-hybridized carbons (Fsp3) is 0.316. The van der Waals surface area contributed by atoms with E-state index in [0.29, 0.717) is 24.0 Å². The number of aromatic carboxylic acids is 1. The Morgan fingerprint density at radius 2 is 1.25 bits per heavy atom. The smallest absolute Gasteiger partial charge is 0.335 e. The lowest BCUT2D eigenvalue weighted by atomic mass is 10.2. The zero-order chi connectivity index (χ0) is 17.2. The van der Waals surface area contributed by atoms with E-state index in [9.17, 15) is 4.79 Å². The summed E-state index contributed by atoms with van der Waals surface area (Å²) in [6, 6.07) is 13.8. The highest BCUT2D eigenvalue weighted by atomic mass is 35.5. The normalized spacial score (nSPS) is 10.4. The van der Waals surface area contributed by atoms with Crippen molar-refractivity contribution in [1.29, 1.82) is 0 Å². The van der Waals surface area contributed by atoms with Crippen LogP contribution in [-0.2, 0) is 0 Å². The van der Waals surface area contributed by atoms with Gasteiger partial charge in [-0.05, 0) is 74.2 Å². The summed E-state index contributed by atoms with van der Waals surface area (Å²) in [5.74, 6) is 0.612. The van der Waals surface area contributed by atoms with Gasteiger partial charge in [-0.3, -0.25) is 0 Å². The average Bonchev–Trinajstić information content (AvgIpc) is 2.59. The minimum Gasteiger partial charge on any atom is -0.494 e. The van der Waals surface area contributed by atoms with Crippen molar-refractivity contribution in [1.82, 2.24) is 0 Å². The second kappa shape index (κ2) is 9.83. The van der Waals surface area contributed by atoms with Gasteiger partial charge >= 0.3 is 5.97 Å². The molecule has 2 rings (SSSR count). The lowest BCUT2D eigenvalue weighted by molar-refractivity contribution is 0.0697. The summed E-state index contributed by atoms with van der Waals surface area (Å²) in [4.78, 5) is 10.7. The Morgan fingerprint density at radius 3 is 1.71 bits per heavy atom. The number of ether oxygens (including phenoxy) is 2. The Morgan fingerprint density at radius 1 is 0.792 bits per heavy atom. The van der Waals surface area contributed by atoms with E-state index in [1.807, 2.05) is 24.3 Å². The molecule has 0 atom stereocenters. The highest BCUT2D eigenvalue weighted by Gasteiger charge is 2.02. The first-order chi connectivity index (χ1) is 11.6. The molecule has 0 aromatic heterocycles. The van der Waals surface area contributed by atoms with E-state index < -0.39 is 5.97 Å². The molecule has 5 heteroatoms. The van der Waals surface area contributed by atoms with Gasteiger partial charge in [-0.15, -0.1) is 0 Å². The molecule has 2 aromatic carbocycles. The van der Waals surface area contributed by atoms with Gasteiger partial charge in [-0.2, -0.15) is 0 Å². The summed E-state index contributed by atoms with van der Waals surface area (Å²) < 4.78 is 11.2. The fourth-order valence-corrected chi connectivity index (χ4v) is 2.29. The van der Waals surface area contributed by atoms with Crippen LogP contribution in [0.25, 0.3) is 0 Å². The molecule has 0 saturated heterocycles. The van der Waals surface area contributed by atoms with Crippen molar-refractivity contribution in [3.8, 4) is 11.5 Å². The van der Waals surface area contributed by atoms with Crippen LogP contribution in [0.3, 0.4) is 0 Å². The number of unbranched alkanes of at least 4 members (excludes halogenated alkanes) is 3. The maximum atomic E-state index is 10.7. The first kappa shape index (κ1) is 18.1. The molecule has 128 valence electrons. The zero-order valence-electron chi connectivity index (χ0n) is 13.4. The van der Waals surface area contributed by atoms with Crippen molar-refractivity contribution in [3.63, 3.8) is 0 Å². The summed E-state index contributed by atoms with van der Waals surface area (Å²) in [5, 5.41) is 9.53. The van der Waals surface area contributed by atoms with Crippen molar-refractivity contribution >= 4 is 17.6 Å². The van der Waals surface area contributed by atoms with Crippen LogP contribution >= 0.6 is 11.6 Å². The molecule has 0 saturated carbocycles. The number of carboxylic acid groups (broad SMARTS) is 1. The molecular weight excluding hydrogens is 328 g/mol. The second-order valence-electron chi connectivity index (χ2n) is 5.39. The number of rotatable bonds is 10. The predicted octanol–water partition coefficient (Wildman–Crippen LogP) is 5.06. The molecular formula is C19H21ClO4. The van der Waals surface area contributed by atoms with E-state index in [1.54, 1.807) is 24.3 Å². The molecule has 0 heterocycles. The van der Waals surface area contributed by atoms with Crippen LogP contribution in [0.15, 0.2) is 48.5 Å². The van der Waals surface area contributed by atoms with E-state index >= 15 is 0 Å². The summed E-state index contributed by atoms with van der Waals surface area (Å²) in [7, 11) is 0. The molecule has 0 unspecified atom stereocenters. The van der Waals surface area contributed by atoms with E-state index in [1.165, 1.54) is 0 Å². The van der Waals surface area contributed by atoms with E-state index in [0.717, 1.165) is 31.4 Å². The lowest BCUT2D eigenvalue weighted by Gasteiger charge is -2.07. The third-order valence-corrected chi connectivity index (χ3v) is 3.74. The van der Waals surface area contributed by atoms with Crippen molar-refractivity contribution in [3.05, 3.63) is 59.1 Å². The number of halogens is 1. The zero-order valence-corrected chi connectivity index (χ0v) is 14.2. The Hall–Kier alpha value is -2.20. The number of benzene rings is 2. The molecule has 4 nitrogen and oxygen atoms in total. The first-order valence-electron chi connectivity index (χ1n) is 8.00. The van der Waals surface area contributed by atoms with Gasteiger partial charge < -0.3 is 14.6 Å². The fourth-order valence-electron chi connectivity index (χ4n) is 2.16. The third kappa shape index (κ3) is 6.50. The molecule has 0 amide bonds. The molecule has 0 radical (unpaired) electrons. The number of hydrogen-bond acceptors (Lipinski definition) is 3. The van der Waals surface area contributed by atoms with E-state index in [-0.39, 0.29) is 5.56 Å². The first-order valence-corrected chi connectivity index (χ1v) is 8.37. The van der Waals surface area contributed by atoms with Gasteiger partial charge in [0.1, 0.15) is 11.5 Å². The van der Waals surface area contributed by atoms with Crippen molar-refractivity contribution < 1.29 is 19.4 Å². The molecule has 0 aliphatic rings. The van der Waals surface area contributed by atoms with Gasteiger partial charge in [-0.1, -0.05) is 11.6 Å². The summed E-state index contributed by atoms with van der Waals surface area (Å²) >= 11 is 5.82. The molecule has 1 N–H and O–H groups in total. The largest absolute Gasteiger partial charge is 0.494 e. The third-order valence-electron chi connectivity index (χ3n) is 3.49. The van der Waals surface area contributed by atoms with Crippen molar-refractivity contribution in [2.75, 3.05) is 13.2 Å². The van der Waals surface area contributed by atoms with Crippen LogP contribution in [0.1, 0.15) is 36.0 Å². The Kier molecular flexibility index (Phi) is 7.43. The minimum atomic E-state index is -0.928. The van der Waals surface area contributed by atoms with Crippen LogP contribution in [0, 0.1) is 0 Å². The Bertz CT molecular complexity index is 623. The van der Waals surface area contributed by atoms with E-state index in [2.05, 4.69) is 0 Å². The lowest BCUT2D eigenvalue weighted by Crippen LogP contribution is -2.00. The SMILES string of the molecule is O=C(O)c1ccc(OCCCCCCOc2ccc(Cl)cc2)cc1. The molecule has 0 fully saturated rings. The predicted molar refractivity (Wildman–Crippen MR) is 94.3 cm³/mol. The minimum absolute atomic E-state index is 0.267. The molecule has 24 heavy (non-hydrogen) atoms. The van der Waals surface area contributed by atoms with Gasteiger partial charge in [0.25, 0.3) is 0 Å². The average molecular weight is 349 g/mol. The molecule has 0 spiro atoms. The van der Waals surface area contributed by atoms with Gasteiger partial charge in [0.2, 0.25) is 0 Å². The highest BCUT2D eigenvalue weighted by Crippen LogP contribution is 2.16. The molecule has 2 aromatic rings. The van der Waals surface area contributed by atoms with Crippen LogP contribution in [-0.4, -0.2) is 24.3 Å². The van der Waals surface area contributed by atoms with Gasteiger partial charge in [0, 0.05) is 5.02 Å².